The van der Waals surface area contributed by atoms with Gasteiger partial charge >= 0.3 is 0 Å². The van der Waals surface area contributed by atoms with Crippen molar-refractivity contribution in [3.63, 3.8) is 0 Å². The molecule has 1 amide bonds. The van der Waals surface area contributed by atoms with Crippen LogP contribution in [0.3, 0.4) is 0 Å². The van der Waals surface area contributed by atoms with Crippen molar-refractivity contribution in [2.24, 2.45) is 11.7 Å². The highest BCUT2D eigenvalue weighted by atomic mass is 16.1. The van der Waals surface area contributed by atoms with E-state index in [1.54, 1.807) is 0 Å². The van der Waals surface area contributed by atoms with Crippen molar-refractivity contribution in [1.29, 1.82) is 0 Å². The highest BCUT2D eigenvalue weighted by Crippen LogP contribution is 2.16. The van der Waals surface area contributed by atoms with Gasteiger partial charge in [-0.15, -0.1) is 0 Å². The molecule has 0 radical (unpaired) electrons. The summed E-state index contributed by atoms with van der Waals surface area (Å²) >= 11 is 0. The van der Waals surface area contributed by atoms with E-state index in [1.165, 1.54) is 0 Å². The van der Waals surface area contributed by atoms with Crippen LogP contribution in [0, 0.1) is 12.8 Å². The second kappa shape index (κ2) is 7.67. The zero-order chi connectivity index (χ0) is 15.1. The molecule has 6 nitrogen and oxygen atoms in total. The van der Waals surface area contributed by atoms with Crippen LogP contribution in [0.15, 0.2) is 6.07 Å². The van der Waals surface area contributed by atoms with E-state index in [4.69, 9.17) is 5.73 Å². The zero-order valence-electron chi connectivity index (χ0n) is 12.8. The van der Waals surface area contributed by atoms with Crippen LogP contribution in [0.2, 0.25) is 0 Å². The van der Waals surface area contributed by atoms with Gasteiger partial charge in [-0.3, -0.25) is 4.79 Å². The van der Waals surface area contributed by atoms with E-state index in [0.29, 0.717) is 11.9 Å². The van der Waals surface area contributed by atoms with Gasteiger partial charge in [-0.2, -0.15) is 4.98 Å². The average Bonchev–Trinajstić information content (AvgIpc) is 2.33. The third-order valence-corrected chi connectivity index (χ3v) is 2.63. The number of carbonyl (C=O) groups excluding carboxylic acids is 1. The molecule has 20 heavy (non-hydrogen) atoms. The fourth-order valence-electron chi connectivity index (χ4n) is 1.90. The van der Waals surface area contributed by atoms with Gasteiger partial charge in [0.1, 0.15) is 5.82 Å². The lowest BCUT2D eigenvalue weighted by atomic mass is 10.2. The van der Waals surface area contributed by atoms with Gasteiger partial charge in [0.05, 0.1) is 6.54 Å². The van der Waals surface area contributed by atoms with Crippen LogP contribution in [-0.4, -0.2) is 35.5 Å². The normalized spacial score (nSPS) is 10.7. The maximum atomic E-state index is 11.2. The number of hydrogen-bond donors (Lipinski definition) is 2. The van der Waals surface area contributed by atoms with Gasteiger partial charge in [-0.05, 0) is 19.3 Å². The number of aromatic nitrogens is 2. The zero-order valence-corrected chi connectivity index (χ0v) is 12.8. The first-order chi connectivity index (χ1) is 9.42. The predicted molar refractivity (Wildman–Crippen MR) is 81.8 cm³/mol. The fourth-order valence-corrected chi connectivity index (χ4v) is 1.90. The van der Waals surface area contributed by atoms with Crippen LogP contribution in [0.4, 0.5) is 11.8 Å². The quantitative estimate of drug-likeness (QED) is 0.754. The standard InChI is InChI=1S/C14H25N5O/c1-5-6-16-14-17-11(4)7-13(18-14)19(8-10(2)3)9-12(15)20/h7,10H,5-6,8-9H2,1-4H3,(H2,15,20)(H,16,17,18). The Balaban J connectivity index is 2.98. The Morgan fingerprint density at radius 3 is 2.70 bits per heavy atom. The average molecular weight is 279 g/mol. The summed E-state index contributed by atoms with van der Waals surface area (Å²) in [5.74, 6) is 1.39. The largest absolute Gasteiger partial charge is 0.368 e. The third kappa shape index (κ3) is 5.42. The monoisotopic (exact) mass is 279 g/mol. The van der Waals surface area contributed by atoms with Crippen molar-refractivity contribution >= 4 is 17.7 Å². The molecule has 0 atom stereocenters. The number of anilines is 2. The van der Waals surface area contributed by atoms with Crippen LogP contribution in [0.25, 0.3) is 0 Å². The number of rotatable bonds is 8. The first-order valence-corrected chi connectivity index (χ1v) is 7.05. The highest BCUT2D eigenvalue weighted by Gasteiger charge is 2.14. The van der Waals surface area contributed by atoms with E-state index in [9.17, 15) is 4.79 Å². The molecule has 0 aliphatic carbocycles. The summed E-state index contributed by atoms with van der Waals surface area (Å²) in [6, 6.07) is 1.88. The molecular weight excluding hydrogens is 254 g/mol. The number of aryl methyl sites for hydroxylation is 1. The molecule has 1 rings (SSSR count). The molecule has 0 saturated heterocycles. The van der Waals surface area contributed by atoms with Gasteiger partial charge in [0.25, 0.3) is 0 Å². The van der Waals surface area contributed by atoms with Crippen molar-refractivity contribution in [2.45, 2.75) is 34.1 Å². The third-order valence-electron chi connectivity index (χ3n) is 2.63. The van der Waals surface area contributed by atoms with Crippen LogP contribution >= 0.6 is 0 Å². The summed E-state index contributed by atoms with van der Waals surface area (Å²) in [7, 11) is 0. The van der Waals surface area contributed by atoms with Crippen molar-refractivity contribution in [3.8, 4) is 0 Å². The van der Waals surface area contributed by atoms with Gasteiger partial charge in [-0.1, -0.05) is 20.8 Å². The van der Waals surface area contributed by atoms with Crippen molar-refractivity contribution in [3.05, 3.63) is 11.8 Å². The Kier molecular flexibility index (Phi) is 6.21. The molecule has 0 aromatic carbocycles. The lowest BCUT2D eigenvalue weighted by Gasteiger charge is -2.24. The van der Waals surface area contributed by atoms with Gasteiger partial charge < -0.3 is 16.0 Å². The van der Waals surface area contributed by atoms with E-state index < -0.39 is 0 Å². The first-order valence-electron chi connectivity index (χ1n) is 7.05. The molecule has 0 saturated carbocycles. The predicted octanol–water partition coefficient (Wildman–Crippen LogP) is 1.55. The van der Waals surface area contributed by atoms with Crippen LogP contribution in [0.5, 0.6) is 0 Å². The summed E-state index contributed by atoms with van der Waals surface area (Å²) in [5, 5.41) is 3.17. The molecule has 1 heterocycles. The molecule has 0 bridgehead atoms. The molecule has 112 valence electrons. The molecule has 0 fully saturated rings. The number of hydrogen-bond acceptors (Lipinski definition) is 5. The summed E-state index contributed by atoms with van der Waals surface area (Å²) in [5.41, 5.74) is 6.19. The van der Waals surface area contributed by atoms with Gasteiger partial charge in [0.2, 0.25) is 11.9 Å². The Hall–Kier alpha value is -1.85. The van der Waals surface area contributed by atoms with Crippen LogP contribution < -0.4 is 16.0 Å². The maximum Gasteiger partial charge on any atom is 0.236 e. The Bertz CT molecular complexity index is 447. The van der Waals surface area contributed by atoms with Crippen molar-refractivity contribution < 1.29 is 4.79 Å². The number of nitrogens with zero attached hydrogens (tertiary/aromatic N) is 3. The van der Waals surface area contributed by atoms with Crippen LogP contribution in [0.1, 0.15) is 32.9 Å². The lowest BCUT2D eigenvalue weighted by molar-refractivity contribution is -0.116. The molecule has 0 aliphatic rings. The summed E-state index contributed by atoms with van der Waals surface area (Å²) in [6.07, 6.45) is 1.00. The molecule has 0 aliphatic heterocycles. The minimum atomic E-state index is -0.356. The van der Waals surface area contributed by atoms with Crippen molar-refractivity contribution in [2.75, 3.05) is 29.9 Å². The van der Waals surface area contributed by atoms with E-state index in [-0.39, 0.29) is 12.5 Å². The molecule has 1 aromatic heterocycles. The van der Waals surface area contributed by atoms with Crippen molar-refractivity contribution in [1.82, 2.24) is 9.97 Å². The van der Waals surface area contributed by atoms with E-state index in [2.05, 4.69) is 36.1 Å². The summed E-state index contributed by atoms with van der Waals surface area (Å²) in [6.45, 7) is 9.91. The molecule has 0 spiro atoms. The summed E-state index contributed by atoms with van der Waals surface area (Å²) < 4.78 is 0. The number of nitrogens with two attached hydrogens (primary N) is 1. The number of primary amides is 1. The molecule has 0 unspecified atom stereocenters. The Labute approximate surface area is 120 Å². The molecular formula is C14H25N5O. The molecule has 1 aromatic rings. The number of carbonyl (C=O) groups is 1. The second-order valence-electron chi connectivity index (χ2n) is 5.36. The smallest absolute Gasteiger partial charge is 0.236 e. The topological polar surface area (TPSA) is 84.1 Å². The first kappa shape index (κ1) is 16.2. The van der Waals surface area contributed by atoms with E-state index in [1.807, 2.05) is 17.9 Å². The molecule has 3 N–H and O–H groups in total. The van der Waals surface area contributed by atoms with E-state index in [0.717, 1.165) is 31.0 Å². The molecule has 6 heteroatoms. The fraction of sp³-hybridized carbons (Fsp3) is 0.643. The van der Waals surface area contributed by atoms with E-state index >= 15 is 0 Å². The Morgan fingerprint density at radius 1 is 1.45 bits per heavy atom. The minimum Gasteiger partial charge on any atom is -0.368 e. The van der Waals surface area contributed by atoms with Crippen LogP contribution in [-0.2, 0) is 4.79 Å². The second-order valence-corrected chi connectivity index (χ2v) is 5.36. The number of amides is 1. The Morgan fingerprint density at radius 2 is 2.15 bits per heavy atom. The van der Waals surface area contributed by atoms with Gasteiger partial charge in [-0.25, -0.2) is 4.98 Å². The minimum absolute atomic E-state index is 0.169. The number of nitrogens with one attached hydrogen (secondary N) is 1. The lowest BCUT2D eigenvalue weighted by Crippen LogP contribution is -2.37. The SMILES string of the molecule is CCCNc1nc(C)cc(N(CC(N)=O)CC(C)C)n1. The van der Waals surface area contributed by atoms with Gasteiger partial charge in [0, 0.05) is 24.8 Å². The van der Waals surface area contributed by atoms with Gasteiger partial charge in [0.15, 0.2) is 0 Å². The maximum absolute atomic E-state index is 11.2. The highest BCUT2D eigenvalue weighted by molar-refractivity contribution is 5.79. The summed E-state index contributed by atoms with van der Waals surface area (Å²) in [4.78, 5) is 22.0.